The number of amides is 1. The highest BCUT2D eigenvalue weighted by molar-refractivity contribution is 6.07. The Labute approximate surface area is 152 Å². The van der Waals surface area contributed by atoms with Crippen LogP contribution in [0, 0.1) is 0 Å². The molecule has 2 aromatic rings. The molecule has 26 heavy (non-hydrogen) atoms. The van der Waals surface area contributed by atoms with Crippen molar-refractivity contribution in [2.45, 2.75) is 31.6 Å². The van der Waals surface area contributed by atoms with Crippen LogP contribution in [0.4, 0.5) is 5.69 Å². The molecule has 0 saturated carbocycles. The van der Waals surface area contributed by atoms with Crippen molar-refractivity contribution in [3.8, 4) is 5.75 Å². The number of benzene rings is 1. The first-order valence-electron chi connectivity index (χ1n) is 8.82. The molecular formula is C21H20N2O3. The second kappa shape index (κ2) is 6.75. The fraction of sp³-hybridized carbons (Fsp3) is 0.286. The summed E-state index contributed by atoms with van der Waals surface area (Å²) in [6.07, 6.45) is 5.78. The van der Waals surface area contributed by atoms with Gasteiger partial charge in [-0.05, 0) is 54.8 Å². The van der Waals surface area contributed by atoms with E-state index in [4.69, 9.17) is 4.74 Å². The average molecular weight is 348 g/mol. The molecule has 0 saturated heterocycles. The highest BCUT2D eigenvalue weighted by atomic mass is 16.5. The number of carbonyl (C=O) groups is 2. The maximum atomic E-state index is 13.0. The Morgan fingerprint density at radius 1 is 1.04 bits per heavy atom. The van der Waals surface area contributed by atoms with Gasteiger partial charge in [-0.1, -0.05) is 0 Å². The Kier molecular flexibility index (Phi) is 4.29. The standard InChI is InChI=1S/C21H20N2O3/c1-26-16-7-5-15(6-8-16)23-18-3-2-4-19(24)21(18)17(13-20(23)25)14-9-11-22-12-10-14/h5-12,17H,2-4,13H2,1H3. The van der Waals surface area contributed by atoms with Gasteiger partial charge in [-0.3, -0.25) is 19.5 Å². The summed E-state index contributed by atoms with van der Waals surface area (Å²) in [4.78, 5) is 31.6. The molecule has 1 aliphatic heterocycles. The number of aromatic nitrogens is 1. The summed E-state index contributed by atoms with van der Waals surface area (Å²) in [5.74, 6) is 0.731. The molecular weight excluding hydrogens is 328 g/mol. The van der Waals surface area contributed by atoms with Crippen LogP contribution in [-0.2, 0) is 9.59 Å². The molecule has 2 aliphatic rings. The smallest absolute Gasteiger partial charge is 0.232 e. The minimum Gasteiger partial charge on any atom is -0.497 e. The van der Waals surface area contributed by atoms with Gasteiger partial charge in [-0.15, -0.1) is 0 Å². The van der Waals surface area contributed by atoms with E-state index in [1.165, 1.54) is 0 Å². The van der Waals surface area contributed by atoms with Crippen molar-refractivity contribution >= 4 is 17.4 Å². The fourth-order valence-electron chi connectivity index (χ4n) is 3.90. The topological polar surface area (TPSA) is 59.5 Å². The second-order valence-electron chi connectivity index (χ2n) is 6.60. The van der Waals surface area contributed by atoms with Gasteiger partial charge >= 0.3 is 0 Å². The van der Waals surface area contributed by atoms with Crippen molar-refractivity contribution in [2.75, 3.05) is 12.0 Å². The van der Waals surface area contributed by atoms with Crippen LogP contribution in [0.25, 0.3) is 0 Å². The third kappa shape index (κ3) is 2.79. The lowest BCUT2D eigenvalue weighted by Crippen LogP contribution is -2.40. The first-order chi connectivity index (χ1) is 12.7. The number of nitrogens with zero attached hydrogens (tertiary/aromatic N) is 2. The molecule has 0 N–H and O–H groups in total. The Bertz CT molecular complexity index is 872. The van der Waals surface area contributed by atoms with E-state index in [0.717, 1.165) is 41.1 Å². The van der Waals surface area contributed by atoms with Gasteiger partial charge in [0.1, 0.15) is 5.75 Å². The van der Waals surface area contributed by atoms with Crippen molar-refractivity contribution in [2.24, 2.45) is 0 Å². The number of rotatable bonds is 3. The summed E-state index contributed by atoms with van der Waals surface area (Å²) in [6.45, 7) is 0. The van der Waals surface area contributed by atoms with Gasteiger partial charge in [0.2, 0.25) is 5.91 Å². The Hall–Kier alpha value is -2.95. The molecule has 1 aromatic carbocycles. The molecule has 0 fully saturated rings. The molecule has 0 bridgehead atoms. The number of carbonyl (C=O) groups excluding carboxylic acids is 2. The molecule has 2 heterocycles. The molecule has 4 rings (SSSR count). The van der Waals surface area contributed by atoms with Gasteiger partial charge in [0, 0.05) is 48.1 Å². The van der Waals surface area contributed by atoms with Crippen molar-refractivity contribution in [3.63, 3.8) is 0 Å². The first-order valence-corrected chi connectivity index (χ1v) is 8.82. The predicted molar refractivity (Wildman–Crippen MR) is 98.0 cm³/mol. The number of allylic oxidation sites excluding steroid dienone is 2. The molecule has 1 aliphatic carbocycles. The largest absolute Gasteiger partial charge is 0.497 e. The van der Waals surface area contributed by atoms with E-state index in [2.05, 4.69) is 4.98 Å². The molecule has 5 heteroatoms. The molecule has 1 atom stereocenters. The van der Waals surface area contributed by atoms with Crippen molar-refractivity contribution in [1.29, 1.82) is 0 Å². The summed E-state index contributed by atoms with van der Waals surface area (Å²) in [5, 5.41) is 0. The van der Waals surface area contributed by atoms with Crippen molar-refractivity contribution in [1.82, 2.24) is 4.98 Å². The van der Waals surface area contributed by atoms with E-state index in [9.17, 15) is 9.59 Å². The maximum Gasteiger partial charge on any atom is 0.232 e. The molecule has 132 valence electrons. The van der Waals surface area contributed by atoms with Gasteiger partial charge in [0.25, 0.3) is 0 Å². The highest BCUT2D eigenvalue weighted by Gasteiger charge is 2.39. The van der Waals surface area contributed by atoms with Crippen LogP contribution in [0.1, 0.15) is 37.2 Å². The number of ketones is 1. The molecule has 1 unspecified atom stereocenters. The first kappa shape index (κ1) is 16.5. The third-order valence-corrected chi connectivity index (χ3v) is 5.11. The number of anilines is 1. The van der Waals surface area contributed by atoms with E-state index in [0.29, 0.717) is 12.8 Å². The quantitative estimate of drug-likeness (QED) is 0.850. The number of methoxy groups -OCH3 is 1. The van der Waals surface area contributed by atoms with Gasteiger partial charge in [-0.25, -0.2) is 0 Å². The molecule has 1 amide bonds. The summed E-state index contributed by atoms with van der Waals surface area (Å²) >= 11 is 0. The molecule has 0 radical (unpaired) electrons. The van der Waals surface area contributed by atoms with Crippen LogP contribution in [0.5, 0.6) is 5.75 Å². The highest BCUT2D eigenvalue weighted by Crippen LogP contribution is 2.43. The van der Waals surface area contributed by atoms with Crippen LogP contribution in [-0.4, -0.2) is 23.8 Å². The van der Waals surface area contributed by atoms with Crippen LogP contribution in [0.2, 0.25) is 0 Å². The molecule has 1 aromatic heterocycles. The zero-order valence-electron chi connectivity index (χ0n) is 14.6. The zero-order valence-corrected chi connectivity index (χ0v) is 14.6. The summed E-state index contributed by atoms with van der Waals surface area (Å²) < 4.78 is 5.21. The predicted octanol–water partition coefficient (Wildman–Crippen LogP) is 3.62. The summed E-state index contributed by atoms with van der Waals surface area (Å²) in [5.41, 5.74) is 3.40. The lowest BCUT2D eigenvalue weighted by Gasteiger charge is -2.38. The number of Topliss-reactive ketones (excluding diaryl/α,β-unsaturated/α-hetero) is 1. The lowest BCUT2D eigenvalue weighted by atomic mass is 9.77. The fourth-order valence-corrected chi connectivity index (χ4v) is 3.90. The third-order valence-electron chi connectivity index (χ3n) is 5.11. The molecule has 0 spiro atoms. The number of ether oxygens (including phenoxy) is 1. The van der Waals surface area contributed by atoms with Crippen LogP contribution < -0.4 is 9.64 Å². The Balaban J connectivity index is 1.82. The van der Waals surface area contributed by atoms with Gasteiger partial charge in [0.15, 0.2) is 5.78 Å². The van der Waals surface area contributed by atoms with Gasteiger partial charge < -0.3 is 4.74 Å². The average Bonchev–Trinajstić information content (AvgIpc) is 2.68. The monoisotopic (exact) mass is 348 g/mol. The SMILES string of the molecule is COc1ccc(N2C(=O)CC(c3ccncc3)C3=C2CCCC3=O)cc1. The number of hydrogen-bond donors (Lipinski definition) is 0. The normalized spacial score (nSPS) is 20.2. The van der Waals surface area contributed by atoms with E-state index < -0.39 is 0 Å². The lowest BCUT2D eigenvalue weighted by molar-refractivity contribution is -0.119. The van der Waals surface area contributed by atoms with E-state index in [1.54, 1.807) is 24.4 Å². The van der Waals surface area contributed by atoms with Gasteiger partial charge in [0.05, 0.1) is 7.11 Å². The number of pyridine rings is 1. The van der Waals surface area contributed by atoms with Crippen molar-refractivity contribution in [3.05, 3.63) is 65.6 Å². The minimum atomic E-state index is -0.178. The Morgan fingerprint density at radius 2 is 1.77 bits per heavy atom. The van der Waals surface area contributed by atoms with Crippen molar-refractivity contribution < 1.29 is 14.3 Å². The maximum absolute atomic E-state index is 13.0. The zero-order chi connectivity index (χ0) is 18.1. The number of hydrogen-bond acceptors (Lipinski definition) is 4. The van der Waals surface area contributed by atoms with E-state index in [1.807, 2.05) is 36.4 Å². The van der Waals surface area contributed by atoms with E-state index >= 15 is 0 Å². The van der Waals surface area contributed by atoms with Crippen LogP contribution in [0.15, 0.2) is 60.1 Å². The van der Waals surface area contributed by atoms with E-state index in [-0.39, 0.29) is 17.6 Å². The summed E-state index contributed by atoms with van der Waals surface area (Å²) in [7, 11) is 1.61. The second-order valence-corrected chi connectivity index (χ2v) is 6.60. The molecule has 5 nitrogen and oxygen atoms in total. The Morgan fingerprint density at radius 3 is 2.46 bits per heavy atom. The minimum absolute atomic E-state index is 0.0189. The summed E-state index contributed by atoms with van der Waals surface area (Å²) in [6, 6.07) is 11.2. The van der Waals surface area contributed by atoms with Crippen LogP contribution in [0.3, 0.4) is 0 Å². The van der Waals surface area contributed by atoms with Crippen LogP contribution >= 0.6 is 0 Å². The van der Waals surface area contributed by atoms with Gasteiger partial charge in [-0.2, -0.15) is 0 Å².